The molecule has 3 aromatic carbocycles. The first-order chi connectivity index (χ1) is 13.6. The van der Waals surface area contributed by atoms with E-state index < -0.39 is 6.93 Å². The van der Waals surface area contributed by atoms with Gasteiger partial charge in [-0.3, -0.25) is 0 Å². The summed E-state index contributed by atoms with van der Waals surface area (Å²) in [5.74, 6) is -0.210. The third kappa shape index (κ3) is 7.57. The molecule has 0 aliphatic heterocycles. The molecule has 3 rings (SSSR count). The lowest BCUT2D eigenvalue weighted by molar-refractivity contribution is 0.295. The fourth-order valence-corrected chi connectivity index (χ4v) is 2.66. The number of hydrogen-bond donors (Lipinski definition) is 1. The van der Waals surface area contributed by atoms with Crippen LogP contribution in [-0.4, -0.2) is 20.5 Å². The monoisotopic (exact) mass is 387 g/mol. The SMILES string of the molecule is C=Cc1ccc2c(-c3ccc(F)cc3)cccc2c1.CCCCNC.FCF. The van der Waals surface area contributed by atoms with Crippen molar-refractivity contribution < 1.29 is 13.2 Å². The van der Waals surface area contributed by atoms with Crippen LogP contribution in [0.5, 0.6) is 0 Å². The molecule has 150 valence electrons. The summed E-state index contributed by atoms with van der Waals surface area (Å²) in [6.45, 7) is 5.39. The molecule has 0 unspecified atom stereocenters. The zero-order valence-electron chi connectivity index (χ0n) is 16.5. The second-order valence-electron chi connectivity index (χ2n) is 6.06. The zero-order chi connectivity index (χ0) is 20.8. The molecule has 3 aromatic rings. The summed E-state index contributed by atoms with van der Waals surface area (Å²) in [6.07, 6.45) is 4.43. The largest absolute Gasteiger partial charge is 0.320 e. The number of benzene rings is 3. The van der Waals surface area contributed by atoms with Gasteiger partial charge in [-0.15, -0.1) is 0 Å². The van der Waals surface area contributed by atoms with Crippen molar-refractivity contribution in [3.05, 3.63) is 78.6 Å². The molecule has 1 nitrogen and oxygen atoms in total. The highest BCUT2D eigenvalue weighted by Gasteiger charge is 2.04. The molecule has 0 spiro atoms. The molecule has 0 saturated carbocycles. The molecule has 0 aliphatic rings. The average Bonchev–Trinajstić information content (AvgIpc) is 2.73. The van der Waals surface area contributed by atoms with Crippen molar-refractivity contribution >= 4 is 16.8 Å². The van der Waals surface area contributed by atoms with Crippen molar-refractivity contribution in [2.45, 2.75) is 19.8 Å². The Labute approximate surface area is 165 Å². The van der Waals surface area contributed by atoms with E-state index in [1.807, 2.05) is 37.4 Å². The van der Waals surface area contributed by atoms with Gasteiger partial charge in [-0.2, -0.15) is 0 Å². The highest BCUT2D eigenvalue weighted by atomic mass is 19.3. The minimum Gasteiger partial charge on any atom is -0.320 e. The van der Waals surface area contributed by atoms with E-state index in [-0.39, 0.29) is 5.82 Å². The van der Waals surface area contributed by atoms with Gasteiger partial charge in [-0.1, -0.05) is 68.5 Å². The first-order valence-electron chi connectivity index (χ1n) is 9.28. The summed E-state index contributed by atoms with van der Waals surface area (Å²) < 4.78 is 32.3. The lowest BCUT2D eigenvalue weighted by Crippen LogP contribution is -2.06. The van der Waals surface area contributed by atoms with Crippen LogP contribution in [0.15, 0.2) is 67.2 Å². The minimum absolute atomic E-state index is 0.210. The van der Waals surface area contributed by atoms with Gasteiger partial charge in [0, 0.05) is 0 Å². The Morgan fingerprint density at radius 1 is 1.00 bits per heavy atom. The summed E-state index contributed by atoms with van der Waals surface area (Å²) in [6, 6.07) is 19.0. The summed E-state index contributed by atoms with van der Waals surface area (Å²) in [7, 11) is 1.98. The predicted octanol–water partition coefficient (Wildman–Crippen LogP) is 7.18. The van der Waals surface area contributed by atoms with E-state index in [4.69, 9.17) is 0 Å². The van der Waals surface area contributed by atoms with Crippen LogP contribution in [0.2, 0.25) is 0 Å². The quantitative estimate of drug-likeness (QED) is 0.457. The second kappa shape index (κ2) is 13.6. The Balaban J connectivity index is 0.000000370. The van der Waals surface area contributed by atoms with E-state index in [2.05, 4.69) is 43.1 Å². The lowest BCUT2D eigenvalue weighted by atomic mass is 9.97. The zero-order valence-corrected chi connectivity index (χ0v) is 16.5. The Kier molecular flexibility index (Phi) is 11.4. The number of alkyl halides is 2. The van der Waals surface area contributed by atoms with Gasteiger partial charge in [0.15, 0.2) is 0 Å². The van der Waals surface area contributed by atoms with Gasteiger partial charge >= 0.3 is 0 Å². The van der Waals surface area contributed by atoms with Crippen LogP contribution in [0.1, 0.15) is 25.3 Å². The van der Waals surface area contributed by atoms with Crippen molar-refractivity contribution in [2.75, 3.05) is 20.5 Å². The van der Waals surface area contributed by atoms with Crippen LogP contribution in [-0.2, 0) is 0 Å². The van der Waals surface area contributed by atoms with Crippen molar-refractivity contribution in [3.8, 4) is 11.1 Å². The van der Waals surface area contributed by atoms with E-state index in [1.165, 1.54) is 35.7 Å². The fourth-order valence-electron chi connectivity index (χ4n) is 2.66. The molecule has 0 aliphatic carbocycles. The maximum atomic E-state index is 13.0. The molecule has 28 heavy (non-hydrogen) atoms. The van der Waals surface area contributed by atoms with Gasteiger partial charge in [0.2, 0.25) is 6.93 Å². The highest BCUT2D eigenvalue weighted by Crippen LogP contribution is 2.29. The van der Waals surface area contributed by atoms with Gasteiger partial charge in [0.25, 0.3) is 0 Å². The van der Waals surface area contributed by atoms with Gasteiger partial charge in [0.1, 0.15) is 5.82 Å². The van der Waals surface area contributed by atoms with E-state index in [9.17, 15) is 13.2 Å². The fraction of sp³-hybridized carbons (Fsp3) is 0.250. The normalized spacial score (nSPS) is 9.75. The minimum atomic E-state index is -1.75. The molecule has 0 atom stereocenters. The maximum absolute atomic E-state index is 13.0. The third-order valence-corrected chi connectivity index (χ3v) is 4.08. The third-order valence-electron chi connectivity index (χ3n) is 4.08. The predicted molar refractivity (Wildman–Crippen MR) is 115 cm³/mol. The number of rotatable bonds is 5. The summed E-state index contributed by atoms with van der Waals surface area (Å²) >= 11 is 0. The Morgan fingerprint density at radius 2 is 1.68 bits per heavy atom. The van der Waals surface area contributed by atoms with Gasteiger partial charge < -0.3 is 5.32 Å². The molecule has 4 heteroatoms. The average molecular weight is 387 g/mol. The van der Waals surface area contributed by atoms with E-state index >= 15 is 0 Å². The van der Waals surface area contributed by atoms with Crippen LogP contribution in [0.4, 0.5) is 13.2 Å². The molecule has 1 N–H and O–H groups in total. The van der Waals surface area contributed by atoms with Crippen molar-refractivity contribution in [1.82, 2.24) is 5.32 Å². The molecule has 0 radical (unpaired) electrons. The smallest absolute Gasteiger partial charge is 0.229 e. The van der Waals surface area contributed by atoms with Crippen LogP contribution in [0.3, 0.4) is 0 Å². The molecule has 0 amide bonds. The molecular weight excluding hydrogens is 359 g/mol. The van der Waals surface area contributed by atoms with Gasteiger partial charge in [0.05, 0.1) is 0 Å². The van der Waals surface area contributed by atoms with E-state index in [1.54, 1.807) is 0 Å². The first kappa shape index (κ1) is 23.4. The standard InChI is InChI=1S/C18H13F.C5H13N.CH2F2/c1-2-13-6-11-18-15(12-13)4-3-5-17(18)14-7-9-16(19)10-8-14;1-3-4-5-6-2;2-1-3/h2-12H,1H2;6H,3-5H2,1-2H3;1H2. The van der Waals surface area contributed by atoms with E-state index in [0.717, 1.165) is 23.2 Å². The Bertz CT molecular complexity index is 825. The van der Waals surface area contributed by atoms with Gasteiger partial charge in [-0.25, -0.2) is 13.2 Å². The summed E-state index contributed by atoms with van der Waals surface area (Å²) in [5.41, 5.74) is 3.25. The van der Waals surface area contributed by atoms with Crippen molar-refractivity contribution in [1.29, 1.82) is 0 Å². The maximum Gasteiger partial charge on any atom is 0.229 e. The number of hydrogen-bond acceptors (Lipinski definition) is 1. The topological polar surface area (TPSA) is 12.0 Å². The van der Waals surface area contributed by atoms with Crippen LogP contribution >= 0.6 is 0 Å². The first-order valence-corrected chi connectivity index (χ1v) is 9.28. The molecule has 0 bridgehead atoms. The summed E-state index contributed by atoms with van der Waals surface area (Å²) in [5, 5.41) is 5.40. The van der Waals surface area contributed by atoms with Crippen molar-refractivity contribution in [2.24, 2.45) is 0 Å². The number of fused-ring (bicyclic) bond motifs is 1. The molecule has 0 aromatic heterocycles. The second-order valence-corrected chi connectivity index (χ2v) is 6.06. The molecule has 0 fully saturated rings. The number of unbranched alkanes of at least 4 members (excludes halogenated alkanes) is 1. The Morgan fingerprint density at radius 3 is 2.21 bits per heavy atom. The summed E-state index contributed by atoms with van der Waals surface area (Å²) in [4.78, 5) is 0. The van der Waals surface area contributed by atoms with Gasteiger partial charge in [-0.05, 0) is 65.7 Å². The van der Waals surface area contributed by atoms with Crippen LogP contribution < -0.4 is 5.32 Å². The van der Waals surface area contributed by atoms with Crippen molar-refractivity contribution in [3.63, 3.8) is 0 Å². The van der Waals surface area contributed by atoms with Crippen LogP contribution in [0.25, 0.3) is 28.0 Å². The molecule has 0 saturated heterocycles. The highest BCUT2D eigenvalue weighted by molar-refractivity contribution is 5.97. The lowest BCUT2D eigenvalue weighted by Gasteiger charge is -2.07. The number of nitrogens with one attached hydrogen (secondary N) is 1. The van der Waals surface area contributed by atoms with E-state index in [0.29, 0.717) is 0 Å². The molecular formula is C24H28F3N. The Hall–Kier alpha value is -2.59. The molecule has 0 heterocycles. The van der Waals surface area contributed by atoms with Crippen LogP contribution in [0, 0.1) is 5.82 Å². The number of halogens is 3.